The molecule has 0 fully saturated rings. The number of nitrogens with zero attached hydrogens (tertiary/aromatic N) is 5. The normalized spacial score (nSPS) is 11.6. The molecular weight excluding hydrogens is 481 g/mol. The zero-order chi connectivity index (χ0) is 26.2. The summed E-state index contributed by atoms with van der Waals surface area (Å²) in [6.45, 7) is 3.24. The first-order valence-electron chi connectivity index (χ1n) is 12.3. The Morgan fingerprint density at radius 2 is 1.84 bits per heavy atom. The largest absolute Gasteiger partial charge is 0.492 e. The molecule has 8 nitrogen and oxygen atoms in total. The van der Waals surface area contributed by atoms with Gasteiger partial charge in [0.2, 0.25) is 0 Å². The number of hydrogen-bond acceptors (Lipinski definition) is 6. The number of H-pyrrole nitrogens is 2. The molecule has 0 saturated carbocycles. The van der Waals surface area contributed by atoms with Gasteiger partial charge in [-0.2, -0.15) is 5.10 Å². The second-order valence-corrected chi connectivity index (χ2v) is 9.49. The third kappa shape index (κ3) is 4.48. The van der Waals surface area contributed by atoms with Crippen molar-refractivity contribution in [3.63, 3.8) is 0 Å². The fourth-order valence-electron chi connectivity index (χ4n) is 4.52. The molecule has 0 spiro atoms. The van der Waals surface area contributed by atoms with Crippen molar-refractivity contribution in [1.29, 1.82) is 0 Å². The van der Waals surface area contributed by atoms with Gasteiger partial charge in [-0.3, -0.25) is 15.1 Å². The van der Waals surface area contributed by atoms with Crippen molar-refractivity contribution in [2.24, 2.45) is 0 Å². The number of rotatable bonds is 7. The molecule has 2 aromatic carbocycles. The molecule has 4 heterocycles. The lowest BCUT2D eigenvalue weighted by molar-refractivity contribution is 0.260. The molecule has 0 bridgehead atoms. The Kier molecular flexibility index (Phi) is 6.05. The molecule has 4 aromatic heterocycles. The van der Waals surface area contributed by atoms with Crippen molar-refractivity contribution >= 4 is 21.9 Å². The van der Waals surface area contributed by atoms with E-state index in [0.717, 1.165) is 39.7 Å². The molecule has 0 radical (unpaired) electrons. The van der Waals surface area contributed by atoms with Gasteiger partial charge in [-0.25, -0.2) is 9.37 Å². The number of ether oxygens (including phenoxy) is 1. The highest BCUT2D eigenvalue weighted by Gasteiger charge is 2.17. The van der Waals surface area contributed by atoms with Crippen molar-refractivity contribution in [1.82, 2.24) is 35.0 Å². The number of benzene rings is 2. The number of aromatic nitrogens is 6. The Morgan fingerprint density at radius 3 is 2.68 bits per heavy atom. The first-order chi connectivity index (χ1) is 18.5. The van der Waals surface area contributed by atoms with Gasteiger partial charge < -0.3 is 14.6 Å². The van der Waals surface area contributed by atoms with E-state index in [0.29, 0.717) is 40.6 Å². The molecule has 190 valence electrons. The quantitative estimate of drug-likeness (QED) is 0.291. The first kappa shape index (κ1) is 23.7. The van der Waals surface area contributed by atoms with Crippen LogP contribution in [0.2, 0.25) is 0 Å². The van der Waals surface area contributed by atoms with E-state index in [2.05, 4.69) is 44.2 Å². The zero-order valence-corrected chi connectivity index (χ0v) is 21.3. The number of likely N-dealkylation sites (N-methyl/N-ethyl adjacent to an activating group) is 1. The minimum atomic E-state index is -0.395. The SMILES string of the molecule is Cc1ccncc1-c1ccc2[nH]nc(-c3nc4c(-c5cc(F)cc(OCCN(C)C)c5)nccc4[nH]3)c2c1. The van der Waals surface area contributed by atoms with Crippen molar-refractivity contribution in [3.05, 3.63) is 78.5 Å². The van der Waals surface area contributed by atoms with E-state index in [9.17, 15) is 4.39 Å². The highest BCUT2D eigenvalue weighted by Crippen LogP contribution is 2.34. The summed E-state index contributed by atoms with van der Waals surface area (Å²) in [7, 11) is 3.92. The lowest BCUT2D eigenvalue weighted by Crippen LogP contribution is -2.19. The Morgan fingerprint density at radius 1 is 0.947 bits per heavy atom. The van der Waals surface area contributed by atoms with E-state index in [1.807, 2.05) is 43.4 Å². The maximum atomic E-state index is 14.5. The zero-order valence-electron chi connectivity index (χ0n) is 21.3. The third-order valence-corrected chi connectivity index (χ3v) is 6.49. The minimum Gasteiger partial charge on any atom is -0.492 e. The van der Waals surface area contributed by atoms with Crippen LogP contribution in [0.1, 0.15) is 5.56 Å². The minimum absolute atomic E-state index is 0.395. The van der Waals surface area contributed by atoms with Crippen LogP contribution in [0.3, 0.4) is 0 Å². The Bertz CT molecular complexity index is 1770. The van der Waals surface area contributed by atoms with Gasteiger partial charge in [-0.05, 0) is 68.5 Å². The number of fused-ring (bicyclic) bond motifs is 2. The number of imidazole rings is 1. The highest BCUT2D eigenvalue weighted by atomic mass is 19.1. The van der Waals surface area contributed by atoms with Gasteiger partial charge in [-0.1, -0.05) is 6.07 Å². The van der Waals surface area contributed by atoms with Gasteiger partial charge in [0.1, 0.15) is 29.4 Å². The molecule has 38 heavy (non-hydrogen) atoms. The molecule has 0 amide bonds. The van der Waals surface area contributed by atoms with Crippen molar-refractivity contribution in [2.45, 2.75) is 6.92 Å². The molecule has 6 rings (SSSR count). The molecule has 2 N–H and O–H groups in total. The van der Waals surface area contributed by atoms with Gasteiger partial charge in [0, 0.05) is 47.7 Å². The van der Waals surface area contributed by atoms with Crippen LogP contribution < -0.4 is 4.74 Å². The number of hydrogen-bond donors (Lipinski definition) is 2. The summed E-state index contributed by atoms with van der Waals surface area (Å²) in [5.74, 6) is 0.654. The van der Waals surface area contributed by atoms with E-state index in [4.69, 9.17) is 9.72 Å². The predicted octanol–water partition coefficient (Wildman–Crippen LogP) is 5.62. The fourth-order valence-corrected chi connectivity index (χ4v) is 4.52. The monoisotopic (exact) mass is 507 g/mol. The second-order valence-electron chi connectivity index (χ2n) is 9.49. The van der Waals surface area contributed by atoms with Crippen LogP contribution in [-0.4, -0.2) is 62.3 Å². The molecule has 0 aliphatic heterocycles. The van der Waals surface area contributed by atoms with Crippen LogP contribution in [0.4, 0.5) is 4.39 Å². The molecule has 0 aliphatic rings. The lowest BCUT2D eigenvalue weighted by Gasteiger charge is -2.12. The summed E-state index contributed by atoms with van der Waals surface area (Å²) in [5.41, 5.74) is 7.40. The summed E-state index contributed by atoms with van der Waals surface area (Å²) in [4.78, 5) is 19.1. The van der Waals surface area contributed by atoms with E-state index >= 15 is 0 Å². The van der Waals surface area contributed by atoms with Crippen LogP contribution in [0.15, 0.2) is 67.1 Å². The average Bonchev–Trinajstić information content (AvgIpc) is 3.52. The van der Waals surface area contributed by atoms with E-state index < -0.39 is 5.82 Å². The van der Waals surface area contributed by atoms with Gasteiger partial charge in [0.25, 0.3) is 0 Å². The van der Waals surface area contributed by atoms with Crippen molar-refractivity contribution < 1.29 is 9.13 Å². The van der Waals surface area contributed by atoms with E-state index in [1.54, 1.807) is 18.5 Å². The summed E-state index contributed by atoms with van der Waals surface area (Å²) in [6, 6.07) is 14.6. The maximum absolute atomic E-state index is 14.5. The van der Waals surface area contributed by atoms with Crippen LogP contribution in [0, 0.1) is 12.7 Å². The van der Waals surface area contributed by atoms with Crippen LogP contribution in [0.25, 0.3) is 55.8 Å². The van der Waals surface area contributed by atoms with Gasteiger partial charge in [-0.15, -0.1) is 0 Å². The molecule has 0 unspecified atom stereocenters. The van der Waals surface area contributed by atoms with Crippen LogP contribution in [0.5, 0.6) is 5.75 Å². The van der Waals surface area contributed by atoms with Crippen LogP contribution >= 0.6 is 0 Å². The highest BCUT2D eigenvalue weighted by molar-refractivity contribution is 5.97. The first-order valence-corrected chi connectivity index (χ1v) is 12.3. The van der Waals surface area contributed by atoms with E-state index in [-0.39, 0.29) is 0 Å². The molecule has 0 aliphatic carbocycles. The maximum Gasteiger partial charge on any atom is 0.159 e. The lowest BCUT2D eigenvalue weighted by atomic mass is 10.0. The van der Waals surface area contributed by atoms with Gasteiger partial charge in [0.05, 0.1) is 16.7 Å². The molecule has 6 aromatic rings. The number of halogens is 1. The smallest absolute Gasteiger partial charge is 0.159 e. The number of aromatic amines is 2. The standard InChI is InChI=1S/C29H26FN7O/c1-17-6-8-31-16-23(17)18-4-5-24-22(14-18)27(36-35-24)29-33-25-7-9-32-26(28(25)34-29)19-12-20(30)15-21(13-19)38-11-10-37(2)3/h4-9,12-16H,10-11H2,1-3H3,(H,33,34)(H,35,36). The summed E-state index contributed by atoms with van der Waals surface area (Å²) < 4.78 is 20.3. The van der Waals surface area contributed by atoms with Crippen molar-refractivity contribution in [2.75, 3.05) is 27.2 Å². The molecule has 0 atom stereocenters. The summed E-state index contributed by atoms with van der Waals surface area (Å²) in [6.07, 6.45) is 5.34. The fraction of sp³-hybridized carbons (Fsp3) is 0.172. The van der Waals surface area contributed by atoms with Gasteiger partial charge in [0.15, 0.2) is 5.82 Å². The third-order valence-electron chi connectivity index (χ3n) is 6.49. The number of pyridine rings is 2. The van der Waals surface area contributed by atoms with Crippen molar-refractivity contribution in [3.8, 4) is 39.7 Å². The second kappa shape index (κ2) is 9.68. The van der Waals surface area contributed by atoms with Crippen LogP contribution in [-0.2, 0) is 0 Å². The Hall–Kier alpha value is -4.63. The summed E-state index contributed by atoms with van der Waals surface area (Å²) >= 11 is 0. The molecule has 0 saturated heterocycles. The number of aryl methyl sites for hydroxylation is 1. The molecule has 9 heteroatoms. The Balaban J connectivity index is 1.41. The van der Waals surface area contributed by atoms with Gasteiger partial charge >= 0.3 is 0 Å². The molecular formula is C29H26FN7O. The van der Waals surface area contributed by atoms with E-state index in [1.165, 1.54) is 12.1 Å². The Labute approximate surface area is 218 Å². The summed E-state index contributed by atoms with van der Waals surface area (Å²) in [5, 5.41) is 8.59. The number of nitrogens with one attached hydrogen (secondary N) is 2. The topological polar surface area (TPSA) is 95.6 Å². The average molecular weight is 508 g/mol. The predicted molar refractivity (Wildman–Crippen MR) is 146 cm³/mol.